The number of fused-ring (bicyclic) bond motifs is 1. The number of urea groups is 1. The molecule has 1 atom stereocenters. The van der Waals surface area contributed by atoms with Crippen LogP contribution < -0.4 is 25.0 Å². The van der Waals surface area contributed by atoms with Gasteiger partial charge in [0.15, 0.2) is 0 Å². The van der Waals surface area contributed by atoms with Crippen LogP contribution in [0.15, 0.2) is 85.3 Å². The Morgan fingerprint density at radius 2 is 1.62 bits per heavy atom. The number of aryl methyl sites for hydroxylation is 1. The van der Waals surface area contributed by atoms with E-state index in [1.54, 1.807) is 38.6 Å². The highest BCUT2D eigenvalue weighted by Gasteiger charge is 2.30. The molecule has 6 rings (SSSR count). The molecule has 0 radical (unpaired) electrons. The molecular formula is C37H39N7O4. The third kappa shape index (κ3) is 7.15. The van der Waals surface area contributed by atoms with E-state index in [-0.39, 0.29) is 5.91 Å². The van der Waals surface area contributed by atoms with Crippen LogP contribution in [0.5, 0.6) is 11.5 Å². The fraction of sp³-hybridized carbons (Fsp3) is 0.270. The summed E-state index contributed by atoms with van der Waals surface area (Å²) in [6, 6.07) is 20.8. The summed E-state index contributed by atoms with van der Waals surface area (Å²) in [5, 5.41) is 7.27. The van der Waals surface area contributed by atoms with Gasteiger partial charge in [0.25, 0.3) is 0 Å². The van der Waals surface area contributed by atoms with Gasteiger partial charge in [0.1, 0.15) is 29.2 Å². The van der Waals surface area contributed by atoms with Crippen LogP contribution in [0.1, 0.15) is 30.0 Å². The number of rotatable bonds is 11. The second-order valence-corrected chi connectivity index (χ2v) is 11.8. The van der Waals surface area contributed by atoms with Crippen molar-refractivity contribution in [2.24, 2.45) is 0 Å². The van der Waals surface area contributed by atoms with E-state index >= 15 is 0 Å². The van der Waals surface area contributed by atoms with Crippen molar-refractivity contribution in [2.75, 3.05) is 38.0 Å². The minimum absolute atomic E-state index is 0.103. The number of hydrogen-bond donors (Lipinski definition) is 2. The lowest BCUT2D eigenvalue weighted by Crippen LogP contribution is -2.42. The molecule has 11 heteroatoms. The van der Waals surface area contributed by atoms with Gasteiger partial charge in [-0.3, -0.25) is 15.1 Å². The van der Waals surface area contributed by atoms with E-state index in [1.165, 1.54) is 0 Å². The Balaban J connectivity index is 1.43. The number of methoxy groups -OCH3 is 2. The van der Waals surface area contributed by atoms with Gasteiger partial charge in [-0.25, -0.2) is 14.8 Å². The molecule has 0 bridgehead atoms. The third-order valence-electron chi connectivity index (χ3n) is 8.60. The number of carbonyl (C=O) groups excluding carboxylic acids is 2. The van der Waals surface area contributed by atoms with Crippen molar-refractivity contribution in [3.8, 4) is 22.8 Å². The number of benzene rings is 2. The van der Waals surface area contributed by atoms with Crippen molar-refractivity contribution in [2.45, 2.75) is 38.9 Å². The predicted octanol–water partition coefficient (Wildman–Crippen LogP) is 5.83. The number of likely N-dealkylation sites (tertiary alicyclic amines) is 1. The number of amides is 3. The highest BCUT2D eigenvalue weighted by Crippen LogP contribution is 2.34. The van der Waals surface area contributed by atoms with Gasteiger partial charge in [0, 0.05) is 56.2 Å². The Morgan fingerprint density at radius 1 is 0.958 bits per heavy atom. The van der Waals surface area contributed by atoms with Crippen LogP contribution in [0.4, 0.5) is 16.4 Å². The molecule has 246 valence electrons. The molecule has 1 aliphatic rings. The third-order valence-corrected chi connectivity index (χ3v) is 8.60. The predicted molar refractivity (Wildman–Crippen MR) is 186 cm³/mol. The summed E-state index contributed by atoms with van der Waals surface area (Å²) < 4.78 is 10.8. The molecule has 3 aromatic heterocycles. The molecule has 0 unspecified atom stereocenters. The quantitative estimate of drug-likeness (QED) is 0.184. The molecule has 1 saturated heterocycles. The van der Waals surface area contributed by atoms with Crippen molar-refractivity contribution in [1.29, 1.82) is 0 Å². The average Bonchev–Trinajstić information content (AvgIpc) is 3.43. The Labute approximate surface area is 279 Å². The Kier molecular flexibility index (Phi) is 9.65. The minimum atomic E-state index is -0.555. The summed E-state index contributed by atoms with van der Waals surface area (Å²) in [5.41, 5.74) is 4.98. The zero-order valence-electron chi connectivity index (χ0n) is 27.6. The van der Waals surface area contributed by atoms with Gasteiger partial charge in [-0.05, 0) is 77.4 Å². The van der Waals surface area contributed by atoms with Gasteiger partial charge in [0.2, 0.25) is 5.91 Å². The van der Waals surface area contributed by atoms with Crippen LogP contribution in [-0.2, 0) is 24.3 Å². The number of likely N-dealkylation sites (N-methyl/N-ethyl adjacent to an activating group) is 1. The number of pyridine rings is 3. The molecule has 0 saturated carbocycles. The highest BCUT2D eigenvalue weighted by molar-refractivity contribution is 5.99. The first kappa shape index (κ1) is 32.2. The summed E-state index contributed by atoms with van der Waals surface area (Å²) in [6.07, 6.45) is 6.76. The molecule has 11 nitrogen and oxygen atoms in total. The van der Waals surface area contributed by atoms with Crippen LogP contribution >= 0.6 is 0 Å². The van der Waals surface area contributed by atoms with Crippen LogP contribution in [0.2, 0.25) is 0 Å². The fourth-order valence-corrected chi connectivity index (χ4v) is 5.92. The SMILES string of the molecule is CCc1ccncc1-c1cc2cc(NC(=O)N[C@@H]3CCN(C)C3=O)ncc2c(N(Cc2ccc(OC)cc2)Cc2ccc(OC)cc2)n1. The first-order chi connectivity index (χ1) is 23.3. The Morgan fingerprint density at radius 3 is 2.21 bits per heavy atom. The highest BCUT2D eigenvalue weighted by atomic mass is 16.5. The van der Waals surface area contributed by atoms with Crippen LogP contribution in [-0.4, -0.2) is 65.6 Å². The van der Waals surface area contributed by atoms with E-state index < -0.39 is 12.1 Å². The van der Waals surface area contributed by atoms with Gasteiger partial charge < -0.3 is 24.6 Å². The van der Waals surface area contributed by atoms with Crippen LogP contribution in [0.25, 0.3) is 22.0 Å². The van der Waals surface area contributed by atoms with Gasteiger partial charge in [-0.1, -0.05) is 31.2 Å². The Hall–Kier alpha value is -5.71. The summed E-state index contributed by atoms with van der Waals surface area (Å²) in [5.74, 6) is 2.57. The number of nitrogens with zero attached hydrogens (tertiary/aromatic N) is 5. The number of hydrogen-bond acceptors (Lipinski definition) is 8. The minimum Gasteiger partial charge on any atom is -0.497 e. The Bertz CT molecular complexity index is 1870. The molecule has 1 aliphatic heterocycles. The maximum absolute atomic E-state index is 12.9. The molecule has 2 N–H and O–H groups in total. The number of carbonyl (C=O) groups is 2. The van der Waals surface area contributed by atoms with E-state index in [0.29, 0.717) is 31.9 Å². The normalized spacial score (nSPS) is 14.2. The van der Waals surface area contributed by atoms with Crippen molar-refractivity contribution >= 4 is 34.3 Å². The molecule has 0 aliphatic carbocycles. The standard InChI is InChI=1S/C37H39N7O4/c1-5-26-14-16-38-20-30(26)33-18-27-19-34(42-37(46)41-32-15-17-43(2)36(32)45)39-21-31(27)35(40-33)44(22-24-6-10-28(47-3)11-7-24)23-25-8-12-29(48-4)13-9-25/h6-14,16,18-21,32H,5,15,17,22-23H2,1-4H3,(H2,39,41,42,46)/t32-/m1/s1. The van der Waals surface area contributed by atoms with Gasteiger partial charge in [-0.15, -0.1) is 0 Å². The molecule has 5 aromatic rings. The average molecular weight is 646 g/mol. The molecular weight excluding hydrogens is 606 g/mol. The van der Waals surface area contributed by atoms with E-state index in [0.717, 1.165) is 62.5 Å². The molecule has 0 spiro atoms. The molecule has 3 amide bonds. The second kappa shape index (κ2) is 14.4. The lowest BCUT2D eigenvalue weighted by atomic mass is 10.0. The van der Waals surface area contributed by atoms with Gasteiger partial charge in [0.05, 0.1) is 19.9 Å². The fourth-order valence-electron chi connectivity index (χ4n) is 5.92. The topological polar surface area (TPSA) is 122 Å². The molecule has 1 fully saturated rings. The number of nitrogens with one attached hydrogen (secondary N) is 2. The first-order valence-electron chi connectivity index (χ1n) is 15.9. The van der Waals surface area contributed by atoms with Crippen LogP contribution in [0, 0.1) is 0 Å². The lowest BCUT2D eigenvalue weighted by Gasteiger charge is -2.26. The van der Waals surface area contributed by atoms with E-state index in [9.17, 15) is 9.59 Å². The summed E-state index contributed by atoms with van der Waals surface area (Å²) in [4.78, 5) is 43.4. The van der Waals surface area contributed by atoms with Crippen molar-refractivity contribution in [3.63, 3.8) is 0 Å². The summed E-state index contributed by atoms with van der Waals surface area (Å²) >= 11 is 0. The van der Waals surface area contributed by atoms with Crippen molar-refractivity contribution in [3.05, 3.63) is 102 Å². The maximum atomic E-state index is 12.9. The monoisotopic (exact) mass is 645 g/mol. The van der Waals surface area contributed by atoms with E-state index in [1.807, 2.05) is 72.9 Å². The van der Waals surface area contributed by atoms with Crippen molar-refractivity contribution < 1.29 is 19.1 Å². The zero-order chi connectivity index (χ0) is 33.6. The lowest BCUT2D eigenvalue weighted by molar-refractivity contribution is -0.128. The smallest absolute Gasteiger partial charge is 0.321 e. The first-order valence-corrected chi connectivity index (χ1v) is 15.9. The zero-order valence-corrected chi connectivity index (χ0v) is 27.6. The molecule has 4 heterocycles. The molecule has 2 aromatic carbocycles. The van der Waals surface area contributed by atoms with Gasteiger partial charge in [-0.2, -0.15) is 0 Å². The maximum Gasteiger partial charge on any atom is 0.321 e. The van der Waals surface area contributed by atoms with Crippen LogP contribution in [0.3, 0.4) is 0 Å². The molecule has 48 heavy (non-hydrogen) atoms. The summed E-state index contributed by atoms with van der Waals surface area (Å²) in [7, 11) is 5.04. The largest absolute Gasteiger partial charge is 0.497 e. The van der Waals surface area contributed by atoms with E-state index in [2.05, 4.69) is 32.4 Å². The van der Waals surface area contributed by atoms with Crippen molar-refractivity contribution in [1.82, 2.24) is 25.2 Å². The number of ether oxygens (including phenoxy) is 2. The van der Waals surface area contributed by atoms with Gasteiger partial charge >= 0.3 is 6.03 Å². The number of aromatic nitrogens is 3. The summed E-state index contributed by atoms with van der Waals surface area (Å²) in [6.45, 7) is 3.83. The second-order valence-electron chi connectivity index (χ2n) is 11.8. The number of anilines is 2. The van der Waals surface area contributed by atoms with E-state index in [4.69, 9.17) is 14.5 Å².